The average molecular weight is 200 g/mol. The zero-order valence-electron chi connectivity index (χ0n) is 9.58. The lowest BCUT2D eigenvalue weighted by Gasteiger charge is -2.15. The Morgan fingerprint density at radius 3 is 2.60 bits per heavy atom. The third-order valence-electron chi connectivity index (χ3n) is 3.26. The molecule has 1 aromatic carbocycles. The van der Waals surface area contributed by atoms with Crippen LogP contribution < -0.4 is 0 Å². The summed E-state index contributed by atoms with van der Waals surface area (Å²) in [5.74, 6) is 0.658. The van der Waals surface area contributed by atoms with Gasteiger partial charge >= 0.3 is 0 Å². The Hall–Kier alpha value is -1.04. The molecule has 0 heterocycles. The number of hydrogen-bond acceptors (Lipinski definition) is 0. The van der Waals surface area contributed by atoms with Crippen LogP contribution in [0.2, 0.25) is 0 Å². The molecule has 0 heteroatoms. The Labute approximate surface area is 93.0 Å². The van der Waals surface area contributed by atoms with E-state index in [1.165, 1.54) is 43.2 Å². The minimum atomic E-state index is 0.658. The first-order valence-corrected chi connectivity index (χ1v) is 6.09. The first-order chi connectivity index (χ1) is 7.36. The minimum Gasteiger partial charge on any atom is -0.0879 e. The molecule has 1 aliphatic rings. The van der Waals surface area contributed by atoms with E-state index < -0.39 is 0 Å². The van der Waals surface area contributed by atoms with Gasteiger partial charge in [-0.2, -0.15) is 0 Å². The predicted molar refractivity (Wildman–Crippen MR) is 66.1 cm³/mol. The minimum absolute atomic E-state index is 0.658. The molecule has 0 nitrogen and oxygen atoms in total. The molecule has 0 aromatic heterocycles. The van der Waals surface area contributed by atoms with E-state index >= 15 is 0 Å². The molecule has 1 atom stereocenters. The van der Waals surface area contributed by atoms with Crippen molar-refractivity contribution in [2.24, 2.45) is 0 Å². The molecule has 0 bridgehead atoms. The molecule has 15 heavy (non-hydrogen) atoms. The molecule has 0 aliphatic heterocycles. The van der Waals surface area contributed by atoms with Crippen LogP contribution in [0.25, 0.3) is 0 Å². The van der Waals surface area contributed by atoms with Crippen molar-refractivity contribution in [3.8, 4) is 0 Å². The molecule has 0 saturated heterocycles. The second-order valence-electron chi connectivity index (χ2n) is 4.58. The second-order valence-corrected chi connectivity index (χ2v) is 4.58. The topological polar surface area (TPSA) is 0 Å². The maximum atomic E-state index is 2.41. The Morgan fingerprint density at radius 1 is 1.00 bits per heavy atom. The summed E-state index contributed by atoms with van der Waals surface area (Å²) in [5.41, 5.74) is 2.84. The van der Waals surface area contributed by atoms with Crippen LogP contribution in [0.3, 0.4) is 0 Å². The van der Waals surface area contributed by atoms with Gasteiger partial charge in [-0.3, -0.25) is 0 Å². The first kappa shape index (κ1) is 10.5. The SMILES string of the molecule is Cc1ccc(C2C=CCCCCC2)cc1. The Bertz CT molecular complexity index is 318. The molecule has 1 unspecified atom stereocenters. The van der Waals surface area contributed by atoms with Crippen molar-refractivity contribution in [2.75, 3.05) is 0 Å². The van der Waals surface area contributed by atoms with Gasteiger partial charge in [0.15, 0.2) is 0 Å². The molecule has 1 aliphatic carbocycles. The van der Waals surface area contributed by atoms with Gasteiger partial charge in [0.25, 0.3) is 0 Å². The van der Waals surface area contributed by atoms with Crippen LogP contribution in [0.4, 0.5) is 0 Å². The van der Waals surface area contributed by atoms with Crippen molar-refractivity contribution in [3.05, 3.63) is 47.5 Å². The van der Waals surface area contributed by atoms with Crippen LogP contribution in [0.5, 0.6) is 0 Å². The van der Waals surface area contributed by atoms with Crippen molar-refractivity contribution in [2.45, 2.75) is 44.9 Å². The molecule has 0 saturated carbocycles. The van der Waals surface area contributed by atoms with Crippen molar-refractivity contribution >= 4 is 0 Å². The van der Waals surface area contributed by atoms with Crippen LogP contribution in [0, 0.1) is 6.92 Å². The summed E-state index contributed by atoms with van der Waals surface area (Å²) in [6, 6.07) is 9.02. The molecular formula is C15H20. The normalized spacial score (nSPS) is 22.1. The summed E-state index contributed by atoms with van der Waals surface area (Å²) in [4.78, 5) is 0. The third kappa shape index (κ3) is 2.95. The van der Waals surface area contributed by atoms with Gasteiger partial charge in [0, 0.05) is 5.92 Å². The van der Waals surface area contributed by atoms with E-state index in [0.717, 1.165) is 0 Å². The number of allylic oxidation sites excluding steroid dienone is 2. The summed E-state index contributed by atoms with van der Waals surface area (Å²) in [6.45, 7) is 2.15. The van der Waals surface area contributed by atoms with Gasteiger partial charge in [-0.15, -0.1) is 0 Å². The van der Waals surface area contributed by atoms with Crippen molar-refractivity contribution in [1.29, 1.82) is 0 Å². The number of aryl methyl sites for hydroxylation is 1. The van der Waals surface area contributed by atoms with Gasteiger partial charge in [0.1, 0.15) is 0 Å². The van der Waals surface area contributed by atoms with E-state index in [1.54, 1.807) is 0 Å². The average Bonchev–Trinajstić information content (AvgIpc) is 2.19. The fourth-order valence-corrected chi connectivity index (χ4v) is 2.25. The van der Waals surface area contributed by atoms with E-state index in [4.69, 9.17) is 0 Å². The highest BCUT2D eigenvalue weighted by atomic mass is 14.1. The van der Waals surface area contributed by atoms with Gasteiger partial charge in [0.2, 0.25) is 0 Å². The highest BCUT2D eigenvalue weighted by Gasteiger charge is 2.08. The fraction of sp³-hybridized carbons (Fsp3) is 0.467. The fourth-order valence-electron chi connectivity index (χ4n) is 2.25. The summed E-state index contributed by atoms with van der Waals surface area (Å²) in [7, 11) is 0. The lowest BCUT2D eigenvalue weighted by Crippen LogP contribution is -1.97. The molecular weight excluding hydrogens is 180 g/mol. The zero-order valence-corrected chi connectivity index (χ0v) is 9.58. The van der Waals surface area contributed by atoms with Gasteiger partial charge in [0.05, 0.1) is 0 Å². The van der Waals surface area contributed by atoms with Crippen LogP contribution in [0.15, 0.2) is 36.4 Å². The zero-order chi connectivity index (χ0) is 10.5. The summed E-state index contributed by atoms with van der Waals surface area (Å²) < 4.78 is 0. The van der Waals surface area contributed by atoms with Gasteiger partial charge in [-0.25, -0.2) is 0 Å². The Morgan fingerprint density at radius 2 is 1.80 bits per heavy atom. The standard InChI is InChI=1S/C15H20/c1-13-9-11-15(12-10-13)14-7-5-3-2-4-6-8-14/h5,7,9-12,14H,2-4,6,8H2,1H3. The Balaban J connectivity index is 2.13. The van der Waals surface area contributed by atoms with Gasteiger partial charge in [-0.1, -0.05) is 54.8 Å². The smallest absolute Gasteiger partial charge is 0.00179 e. The lowest BCUT2D eigenvalue weighted by molar-refractivity contribution is 0.598. The maximum absolute atomic E-state index is 2.41. The largest absolute Gasteiger partial charge is 0.0879 e. The molecule has 0 N–H and O–H groups in total. The molecule has 80 valence electrons. The van der Waals surface area contributed by atoms with Crippen molar-refractivity contribution in [3.63, 3.8) is 0 Å². The van der Waals surface area contributed by atoms with Crippen molar-refractivity contribution < 1.29 is 0 Å². The number of rotatable bonds is 1. The highest BCUT2D eigenvalue weighted by molar-refractivity contribution is 5.27. The van der Waals surface area contributed by atoms with Crippen LogP contribution in [-0.2, 0) is 0 Å². The molecule has 2 rings (SSSR count). The van der Waals surface area contributed by atoms with E-state index in [2.05, 4.69) is 43.3 Å². The monoisotopic (exact) mass is 200 g/mol. The summed E-state index contributed by atoms with van der Waals surface area (Å²) >= 11 is 0. The quantitative estimate of drug-likeness (QED) is 0.581. The number of hydrogen-bond donors (Lipinski definition) is 0. The molecule has 0 radical (unpaired) electrons. The molecule has 0 amide bonds. The molecule has 1 aromatic rings. The van der Waals surface area contributed by atoms with E-state index in [0.29, 0.717) is 5.92 Å². The second kappa shape index (κ2) is 5.16. The third-order valence-corrected chi connectivity index (χ3v) is 3.26. The highest BCUT2D eigenvalue weighted by Crippen LogP contribution is 2.26. The first-order valence-electron chi connectivity index (χ1n) is 6.09. The molecule has 0 fully saturated rings. The Kier molecular flexibility index (Phi) is 3.60. The van der Waals surface area contributed by atoms with Crippen LogP contribution >= 0.6 is 0 Å². The van der Waals surface area contributed by atoms with Crippen molar-refractivity contribution in [1.82, 2.24) is 0 Å². The number of benzene rings is 1. The van der Waals surface area contributed by atoms with Crippen LogP contribution in [0.1, 0.15) is 49.1 Å². The van der Waals surface area contributed by atoms with E-state index in [9.17, 15) is 0 Å². The van der Waals surface area contributed by atoms with E-state index in [-0.39, 0.29) is 0 Å². The predicted octanol–water partition coefficient (Wildman–Crippen LogP) is 4.60. The lowest BCUT2D eigenvalue weighted by atomic mass is 9.90. The van der Waals surface area contributed by atoms with E-state index in [1.807, 2.05) is 0 Å². The van der Waals surface area contributed by atoms with Gasteiger partial charge in [-0.05, 0) is 31.7 Å². The van der Waals surface area contributed by atoms with Gasteiger partial charge < -0.3 is 0 Å². The maximum Gasteiger partial charge on any atom is 0.00179 e. The summed E-state index contributed by atoms with van der Waals surface area (Å²) in [5, 5.41) is 0. The summed E-state index contributed by atoms with van der Waals surface area (Å²) in [6.07, 6.45) is 11.5. The van der Waals surface area contributed by atoms with Crippen LogP contribution in [-0.4, -0.2) is 0 Å². The molecule has 0 spiro atoms.